The van der Waals surface area contributed by atoms with Gasteiger partial charge in [0.1, 0.15) is 0 Å². The van der Waals surface area contributed by atoms with Crippen LogP contribution in [0.5, 0.6) is 0 Å². The zero-order valence-corrected chi connectivity index (χ0v) is 17.3. The molecule has 2 atom stereocenters. The Hall–Kier alpha value is -1.89. The normalized spacial score (nSPS) is 13.8. The van der Waals surface area contributed by atoms with Gasteiger partial charge in [-0.05, 0) is 28.8 Å². The van der Waals surface area contributed by atoms with Crippen molar-refractivity contribution in [2.75, 3.05) is 0 Å². The fourth-order valence-corrected chi connectivity index (χ4v) is 4.65. The van der Waals surface area contributed by atoms with Gasteiger partial charge in [0.15, 0.2) is 0 Å². The predicted molar refractivity (Wildman–Crippen MR) is 115 cm³/mol. The van der Waals surface area contributed by atoms with E-state index >= 15 is 0 Å². The number of halogens is 2. The molecule has 0 amide bonds. The molecule has 2 unspecified atom stereocenters. The molecule has 3 aromatic rings. The van der Waals surface area contributed by atoms with E-state index < -0.39 is 22.1 Å². The smallest absolute Gasteiger partial charge is 0.216 e. The minimum absolute atomic E-state index is 0.227. The molecule has 7 heteroatoms. The molecule has 3 aromatic carbocycles. The fraction of sp³-hybridized carbons (Fsp3) is 0.143. The highest BCUT2D eigenvalue weighted by atomic mass is 35.5. The Morgan fingerprint density at radius 2 is 1.39 bits per heavy atom. The standard InChI is InChI=1S/C21H20Cl2N2O2S/c22-18-12-11-15(13-19(18)23)14-28(26,27)25-21(17-9-5-2-6-10-17)20(24)16-7-3-1-4-8-16/h1-13,20-21,25H,14,24H2. The number of nitrogens with one attached hydrogen (secondary N) is 1. The molecule has 0 saturated heterocycles. The first-order valence-electron chi connectivity index (χ1n) is 8.65. The third-order valence-corrected chi connectivity index (χ3v) is 6.41. The third-order valence-electron chi connectivity index (χ3n) is 4.35. The Balaban J connectivity index is 1.89. The van der Waals surface area contributed by atoms with Crippen LogP contribution in [0.15, 0.2) is 78.9 Å². The Labute approximate surface area is 175 Å². The van der Waals surface area contributed by atoms with Crippen molar-refractivity contribution in [3.8, 4) is 0 Å². The second-order valence-electron chi connectivity index (χ2n) is 6.45. The molecular weight excluding hydrogens is 415 g/mol. The lowest BCUT2D eigenvalue weighted by atomic mass is 9.95. The van der Waals surface area contributed by atoms with Crippen molar-refractivity contribution in [3.05, 3.63) is 106 Å². The second kappa shape index (κ2) is 9.07. The van der Waals surface area contributed by atoms with Gasteiger partial charge in [0.05, 0.1) is 27.9 Å². The zero-order valence-electron chi connectivity index (χ0n) is 14.9. The van der Waals surface area contributed by atoms with Gasteiger partial charge in [-0.1, -0.05) is 89.9 Å². The maximum absolute atomic E-state index is 12.9. The van der Waals surface area contributed by atoms with Crippen molar-refractivity contribution in [1.29, 1.82) is 0 Å². The lowest BCUT2D eigenvalue weighted by molar-refractivity contribution is 0.503. The minimum atomic E-state index is -3.70. The molecule has 0 aliphatic carbocycles. The lowest BCUT2D eigenvalue weighted by Gasteiger charge is -2.26. The highest BCUT2D eigenvalue weighted by Gasteiger charge is 2.26. The van der Waals surface area contributed by atoms with Crippen molar-refractivity contribution in [1.82, 2.24) is 4.72 Å². The molecule has 4 nitrogen and oxygen atoms in total. The van der Waals surface area contributed by atoms with Crippen LogP contribution >= 0.6 is 23.2 Å². The van der Waals surface area contributed by atoms with Crippen LogP contribution in [0.2, 0.25) is 10.0 Å². The maximum atomic E-state index is 12.9. The topological polar surface area (TPSA) is 72.2 Å². The van der Waals surface area contributed by atoms with Gasteiger partial charge in [-0.25, -0.2) is 13.1 Å². The molecule has 0 aromatic heterocycles. The number of nitrogens with two attached hydrogens (primary N) is 1. The fourth-order valence-electron chi connectivity index (χ4n) is 2.96. The van der Waals surface area contributed by atoms with Crippen LogP contribution in [0.3, 0.4) is 0 Å². The molecule has 0 spiro atoms. The summed E-state index contributed by atoms with van der Waals surface area (Å²) < 4.78 is 28.5. The van der Waals surface area contributed by atoms with Crippen LogP contribution in [-0.4, -0.2) is 8.42 Å². The first-order chi connectivity index (χ1) is 13.4. The molecule has 0 radical (unpaired) electrons. The molecule has 3 N–H and O–H groups in total. The Kier molecular flexibility index (Phi) is 6.75. The zero-order chi connectivity index (χ0) is 20.1. The molecule has 0 aliphatic rings. The average molecular weight is 435 g/mol. The van der Waals surface area contributed by atoms with Gasteiger partial charge in [-0.2, -0.15) is 0 Å². The number of benzene rings is 3. The van der Waals surface area contributed by atoms with E-state index in [2.05, 4.69) is 4.72 Å². The summed E-state index contributed by atoms with van der Waals surface area (Å²) in [7, 11) is -3.70. The highest BCUT2D eigenvalue weighted by molar-refractivity contribution is 7.88. The van der Waals surface area contributed by atoms with Crippen molar-refractivity contribution < 1.29 is 8.42 Å². The van der Waals surface area contributed by atoms with Gasteiger partial charge in [0, 0.05) is 0 Å². The van der Waals surface area contributed by atoms with Gasteiger partial charge in [-0.3, -0.25) is 0 Å². The van der Waals surface area contributed by atoms with Gasteiger partial charge >= 0.3 is 0 Å². The van der Waals surface area contributed by atoms with E-state index in [9.17, 15) is 8.42 Å². The minimum Gasteiger partial charge on any atom is -0.322 e. The summed E-state index contributed by atoms with van der Waals surface area (Å²) in [5.74, 6) is -0.227. The molecule has 146 valence electrons. The summed E-state index contributed by atoms with van der Waals surface area (Å²) in [6.45, 7) is 0. The SMILES string of the molecule is NC(c1ccccc1)C(NS(=O)(=O)Cc1ccc(Cl)c(Cl)c1)c1ccccc1. The largest absolute Gasteiger partial charge is 0.322 e. The Morgan fingerprint density at radius 3 is 1.96 bits per heavy atom. The molecule has 0 heterocycles. The number of rotatable bonds is 7. The Bertz CT molecular complexity index is 1030. The summed E-state index contributed by atoms with van der Waals surface area (Å²) in [5.41, 5.74) is 8.62. The summed E-state index contributed by atoms with van der Waals surface area (Å²) >= 11 is 11.9. The quantitative estimate of drug-likeness (QED) is 0.557. The van der Waals surface area contributed by atoms with Gasteiger partial charge in [-0.15, -0.1) is 0 Å². The Morgan fingerprint density at radius 1 is 0.821 bits per heavy atom. The molecule has 0 bridgehead atoms. The van der Waals surface area contributed by atoms with Crippen LogP contribution in [0.25, 0.3) is 0 Å². The maximum Gasteiger partial charge on any atom is 0.216 e. The molecule has 3 rings (SSSR count). The van der Waals surface area contributed by atoms with Gasteiger partial charge in [0.25, 0.3) is 0 Å². The van der Waals surface area contributed by atoms with E-state index in [1.165, 1.54) is 0 Å². The van der Waals surface area contributed by atoms with Crippen molar-refractivity contribution in [2.45, 2.75) is 17.8 Å². The van der Waals surface area contributed by atoms with Gasteiger partial charge in [0.2, 0.25) is 10.0 Å². The third kappa shape index (κ3) is 5.34. The summed E-state index contributed by atoms with van der Waals surface area (Å²) in [4.78, 5) is 0. The van der Waals surface area contributed by atoms with E-state index in [4.69, 9.17) is 28.9 Å². The van der Waals surface area contributed by atoms with E-state index in [0.29, 0.717) is 15.6 Å². The number of sulfonamides is 1. The summed E-state index contributed by atoms with van der Waals surface area (Å²) in [6.07, 6.45) is 0. The summed E-state index contributed by atoms with van der Waals surface area (Å²) in [5, 5.41) is 0.694. The van der Waals surface area contributed by atoms with E-state index in [-0.39, 0.29) is 5.75 Å². The molecule has 0 fully saturated rings. The first kappa shape index (κ1) is 20.8. The molecule has 0 saturated carbocycles. The first-order valence-corrected chi connectivity index (χ1v) is 11.1. The average Bonchev–Trinajstić information content (AvgIpc) is 2.69. The van der Waals surface area contributed by atoms with Crippen LogP contribution in [0.4, 0.5) is 0 Å². The van der Waals surface area contributed by atoms with E-state index in [1.54, 1.807) is 18.2 Å². The predicted octanol–water partition coefficient (Wildman–Crippen LogP) is 4.85. The van der Waals surface area contributed by atoms with Crippen molar-refractivity contribution in [2.24, 2.45) is 5.73 Å². The van der Waals surface area contributed by atoms with Gasteiger partial charge < -0.3 is 5.73 Å². The molecule has 0 aliphatic heterocycles. The van der Waals surface area contributed by atoms with E-state index in [1.807, 2.05) is 60.7 Å². The second-order valence-corrected chi connectivity index (χ2v) is 9.02. The van der Waals surface area contributed by atoms with Crippen LogP contribution in [0.1, 0.15) is 28.8 Å². The monoisotopic (exact) mass is 434 g/mol. The van der Waals surface area contributed by atoms with Crippen LogP contribution in [0, 0.1) is 0 Å². The summed E-state index contributed by atoms with van der Waals surface area (Å²) in [6, 6.07) is 22.3. The highest BCUT2D eigenvalue weighted by Crippen LogP contribution is 2.29. The number of hydrogen-bond acceptors (Lipinski definition) is 3. The van der Waals surface area contributed by atoms with Crippen molar-refractivity contribution in [3.63, 3.8) is 0 Å². The molecular formula is C21H20Cl2N2O2S. The van der Waals surface area contributed by atoms with E-state index in [0.717, 1.165) is 11.1 Å². The van der Waals surface area contributed by atoms with Crippen molar-refractivity contribution >= 4 is 33.2 Å². The van der Waals surface area contributed by atoms with Crippen LogP contribution in [-0.2, 0) is 15.8 Å². The lowest BCUT2D eigenvalue weighted by Crippen LogP contribution is -2.36. The molecule has 28 heavy (non-hydrogen) atoms. The van der Waals surface area contributed by atoms with Crippen LogP contribution < -0.4 is 10.5 Å². The number of hydrogen-bond donors (Lipinski definition) is 2.